The molecule has 10 N–H and O–H groups in total. The van der Waals surface area contributed by atoms with E-state index in [0.29, 0.717) is 83.5 Å². The van der Waals surface area contributed by atoms with E-state index in [1.165, 1.54) is 25.7 Å². The van der Waals surface area contributed by atoms with Crippen molar-refractivity contribution in [2.75, 3.05) is 53.2 Å². The molecule has 16 heteroatoms. The molecule has 16 nitrogen and oxygen atoms in total. The van der Waals surface area contributed by atoms with E-state index in [-0.39, 0.29) is 0 Å². The molecule has 426 valence electrons. The Hall–Kier alpha value is -7.88. The Morgan fingerprint density at radius 1 is 0.212 bits per heavy atom. The molecule has 7 aromatic rings. The maximum Gasteiger partial charge on any atom is 0.233 e. The minimum Gasteiger partial charge on any atom is -0.383 e. The lowest BCUT2D eigenvalue weighted by Crippen LogP contribution is -2.15. The zero-order chi connectivity index (χ0) is 57.0. The summed E-state index contributed by atoms with van der Waals surface area (Å²) in [6.45, 7) is 27.0. The van der Waals surface area contributed by atoms with Gasteiger partial charge in [-0.1, -0.05) is 55.4 Å². The molecule has 0 amide bonds. The molecular formula is C64H90N16. The van der Waals surface area contributed by atoms with Crippen molar-refractivity contribution in [1.82, 2.24) is 29.9 Å². The summed E-state index contributed by atoms with van der Waals surface area (Å²) in [6, 6.07) is 42.2. The van der Waals surface area contributed by atoms with E-state index in [2.05, 4.69) is 185 Å². The average Bonchev–Trinajstić information content (AvgIpc) is 3.43. The molecule has 0 spiro atoms. The molecule has 0 aliphatic heterocycles. The van der Waals surface area contributed by atoms with Crippen LogP contribution in [0, 0.1) is 23.7 Å². The quantitative estimate of drug-likeness (QED) is 0.0191. The minimum absolute atomic E-state index is 0.359. The Morgan fingerprint density at radius 3 is 0.487 bits per heavy atom. The minimum atomic E-state index is 0.359. The van der Waals surface area contributed by atoms with Crippen molar-refractivity contribution in [2.45, 2.75) is 159 Å². The Balaban J connectivity index is 1.08. The van der Waals surface area contributed by atoms with Gasteiger partial charge in [-0.05, 0) is 224 Å². The van der Waals surface area contributed by atoms with Crippen LogP contribution in [0.1, 0.15) is 134 Å². The van der Waals surface area contributed by atoms with Crippen LogP contribution in [0.2, 0.25) is 0 Å². The summed E-state index contributed by atoms with van der Waals surface area (Å²) in [7, 11) is 0. The van der Waals surface area contributed by atoms with Crippen LogP contribution < -0.4 is 53.2 Å². The van der Waals surface area contributed by atoms with Gasteiger partial charge in [0, 0.05) is 81.0 Å². The molecule has 0 saturated carbocycles. The van der Waals surface area contributed by atoms with Crippen LogP contribution >= 0.6 is 0 Å². The standard InChI is InChI=1S/C64H90N16/c1-41(2)13-17-45(9)65-49-21-29-53(30-22-49)69-59-75-60(70-54-31-23-50(24-32-54)66-46(10)18-14-42(3)4)78-63(77-59)73-57-37-39-58(40-38-57)74-64-79-61(71-55-33-25-51(26-34-55)67-47(11)19-15-43(5)6)76-62(80-64)72-56-35-27-52(28-36-56)68-48(12)20-16-44(7)8/h21-48,65-68H,13-20H2,1-12H3,(H3,69,70,73,75,77,78)(H3,71,72,74,76,79,80). The third kappa shape index (κ3) is 21.1. The molecular weight excluding hydrogens is 993 g/mol. The van der Waals surface area contributed by atoms with Gasteiger partial charge in [-0.15, -0.1) is 0 Å². The van der Waals surface area contributed by atoms with Crippen LogP contribution in [0.15, 0.2) is 121 Å². The molecule has 5 aromatic carbocycles. The summed E-state index contributed by atoms with van der Waals surface area (Å²) in [5.41, 5.74) is 9.19. The van der Waals surface area contributed by atoms with Crippen LogP contribution in [0.3, 0.4) is 0 Å². The van der Waals surface area contributed by atoms with Crippen molar-refractivity contribution in [2.24, 2.45) is 23.7 Å². The molecule has 0 aliphatic carbocycles. The highest BCUT2D eigenvalue weighted by Gasteiger charge is 2.14. The third-order valence-electron chi connectivity index (χ3n) is 13.6. The van der Waals surface area contributed by atoms with Crippen LogP contribution in [0.4, 0.5) is 92.6 Å². The summed E-state index contributed by atoms with van der Waals surface area (Å²) in [5.74, 6) is 4.94. The second-order valence-electron chi connectivity index (χ2n) is 23.3. The monoisotopic (exact) mass is 1080 g/mol. The highest BCUT2D eigenvalue weighted by molar-refractivity contribution is 5.68. The topological polar surface area (TPSA) is 198 Å². The van der Waals surface area contributed by atoms with Crippen molar-refractivity contribution in [1.29, 1.82) is 0 Å². The molecule has 4 unspecified atom stereocenters. The predicted molar refractivity (Wildman–Crippen MR) is 340 cm³/mol. The summed E-state index contributed by atoms with van der Waals surface area (Å²) in [6.07, 6.45) is 9.16. The van der Waals surface area contributed by atoms with Crippen LogP contribution in [0.25, 0.3) is 0 Å². The summed E-state index contributed by atoms with van der Waals surface area (Å²) in [5, 5.41) is 35.0. The van der Waals surface area contributed by atoms with Gasteiger partial charge in [-0.2, -0.15) is 29.9 Å². The van der Waals surface area contributed by atoms with Gasteiger partial charge in [0.15, 0.2) is 0 Å². The highest BCUT2D eigenvalue weighted by Crippen LogP contribution is 2.28. The number of benzene rings is 5. The van der Waals surface area contributed by atoms with E-state index in [9.17, 15) is 0 Å². The van der Waals surface area contributed by atoms with Crippen molar-refractivity contribution in [3.8, 4) is 0 Å². The SMILES string of the molecule is CC(C)CCC(C)Nc1ccc(Nc2nc(Nc3ccc(Nc4nc(Nc5ccc(NC(C)CCC(C)C)cc5)nc(Nc5ccc(NC(C)CCC(C)C)cc5)n4)cc3)nc(Nc3ccc(NC(C)CCC(C)C)cc3)n2)cc1. The van der Waals surface area contributed by atoms with E-state index in [1.807, 2.05) is 72.8 Å². The summed E-state index contributed by atoms with van der Waals surface area (Å²) < 4.78 is 0. The third-order valence-corrected chi connectivity index (χ3v) is 13.6. The molecule has 80 heavy (non-hydrogen) atoms. The lowest BCUT2D eigenvalue weighted by molar-refractivity contribution is 0.528. The second-order valence-corrected chi connectivity index (χ2v) is 23.3. The van der Waals surface area contributed by atoms with Crippen molar-refractivity contribution < 1.29 is 0 Å². The normalized spacial score (nSPS) is 12.9. The number of hydrogen-bond acceptors (Lipinski definition) is 16. The first-order valence-corrected chi connectivity index (χ1v) is 29.1. The van der Waals surface area contributed by atoms with Gasteiger partial charge in [-0.25, -0.2) is 0 Å². The molecule has 0 aliphatic rings. The first-order chi connectivity index (χ1) is 38.4. The van der Waals surface area contributed by atoms with Crippen LogP contribution in [0.5, 0.6) is 0 Å². The van der Waals surface area contributed by atoms with Crippen LogP contribution in [-0.4, -0.2) is 54.1 Å². The van der Waals surface area contributed by atoms with Gasteiger partial charge in [0.2, 0.25) is 35.7 Å². The van der Waals surface area contributed by atoms with Gasteiger partial charge in [0.25, 0.3) is 0 Å². The largest absolute Gasteiger partial charge is 0.383 e. The Kier molecular flexibility index (Phi) is 22.4. The number of nitrogens with zero attached hydrogens (tertiary/aromatic N) is 6. The molecule has 4 atom stereocenters. The average molecular weight is 1080 g/mol. The predicted octanol–water partition coefficient (Wildman–Crippen LogP) is 17.5. The Bertz CT molecular complexity index is 2540. The fourth-order valence-electron chi connectivity index (χ4n) is 8.86. The van der Waals surface area contributed by atoms with E-state index >= 15 is 0 Å². The highest BCUT2D eigenvalue weighted by atomic mass is 15.3. The van der Waals surface area contributed by atoms with Crippen molar-refractivity contribution in [3.63, 3.8) is 0 Å². The number of aromatic nitrogens is 6. The lowest BCUT2D eigenvalue weighted by Gasteiger charge is -2.17. The van der Waals surface area contributed by atoms with Gasteiger partial charge in [0.05, 0.1) is 0 Å². The molecule has 0 bridgehead atoms. The maximum atomic E-state index is 4.82. The second kappa shape index (κ2) is 29.9. The zero-order valence-electron chi connectivity index (χ0n) is 49.5. The molecule has 0 fully saturated rings. The Morgan fingerprint density at radius 2 is 0.350 bits per heavy atom. The zero-order valence-corrected chi connectivity index (χ0v) is 49.5. The van der Waals surface area contributed by atoms with Crippen LogP contribution in [-0.2, 0) is 0 Å². The molecule has 2 aromatic heterocycles. The van der Waals surface area contributed by atoms with E-state index < -0.39 is 0 Å². The van der Waals surface area contributed by atoms with Crippen molar-refractivity contribution in [3.05, 3.63) is 121 Å². The molecule has 0 radical (unpaired) electrons. The molecule has 2 heterocycles. The molecule has 7 rings (SSSR count). The van der Waals surface area contributed by atoms with E-state index in [0.717, 1.165) is 82.6 Å². The summed E-state index contributed by atoms with van der Waals surface area (Å²) >= 11 is 0. The van der Waals surface area contributed by atoms with Gasteiger partial charge in [0.1, 0.15) is 0 Å². The fraction of sp³-hybridized carbons (Fsp3) is 0.438. The van der Waals surface area contributed by atoms with Gasteiger partial charge < -0.3 is 53.2 Å². The summed E-state index contributed by atoms with van der Waals surface area (Å²) in [4.78, 5) is 28.9. The number of rotatable bonds is 32. The number of hydrogen-bond donors (Lipinski definition) is 10. The maximum absolute atomic E-state index is 4.82. The number of anilines is 16. The van der Waals surface area contributed by atoms with Gasteiger partial charge >= 0.3 is 0 Å². The van der Waals surface area contributed by atoms with E-state index in [4.69, 9.17) is 29.9 Å². The molecule has 0 saturated heterocycles. The van der Waals surface area contributed by atoms with Gasteiger partial charge in [-0.3, -0.25) is 0 Å². The smallest absolute Gasteiger partial charge is 0.233 e. The number of nitrogens with one attached hydrogen (secondary N) is 10. The lowest BCUT2D eigenvalue weighted by atomic mass is 10.0. The van der Waals surface area contributed by atoms with Crippen molar-refractivity contribution >= 4 is 92.6 Å². The first kappa shape index (κ1) is 59.8. The fourth-order valence-corrected chi connectivity index (χ4v) is 8.86. The first-order valence-electron chi connectivity index (χ1n) is 29.1. The van der Waals surface area contributed by atoms with E-state index in [1.54, 1.807) is 0 Å². The Labute approximate surface area is 477 Å².